The highest BCUT2D eigenvalue weighted by molar-refractivity contribution is 7.09. The lowest BCUT2D eigenvalue weighted by molar-refractivity contribution is 0.300. The van der Waals surface area contributed by atoms with Crippen molar-refractivity contribution < 1.29 is 4.74 Å². The Morgan fingerprint density at radius 2 is 2.29 bits per heavy atom. The molecule has 1 aromatic carbocycles. The van der Waals surface area contributed by atoms with E-state index in [4.69, 9.17) is 10.5 Å². The highest BCUT2D eigenvalue weighted by atomic mass is 32.1. The number of aromatic nitrogens is 1. The van der Waals surface area contributed by atoms with Gasteiger partial charge in [-0.25, -0.2) is 4.98 Å². The average Bonchev–Trinajstić information content (AvgIpc) is 2.82. The van der Waals surface area contributed by atoms with Crippen LogP contribution in [0.4, 0.5) is 0 Å². The number of aryl methyl sites for hydroxylation is 1. The Morgan fingerprint density at radius 1 is 1.41 bits per heavy atom. The fraction of sp³-hybridized carbons (Fsp3) is 0.308. The molecule has 2 rings (SSSR count). The SMILES string of the molecule is Cc1cccc(CCN)c1OCc1nccs1. The van der Waals surface area contributed by atoms with Crippen LogP contribution < -0.4 is 10.5 Å². The minimum absolute atomic E-state index is 0.528. The van der Waals surface area contributed by atoms with E-state index in [1.165, 1.54) is 5.56 Å². The van der Waals surface area contributed by atoms with Gasteiger partial charge in [0.25, 0.3) is 0 Å². The number of ether oxygens (including phenoxy) is 1. The minimum Gasteiger partial charge on any atom is -0.486 e. The molecule has 90 valence electrons. The zero-order valence-corrected chi connectivity index (χ0v) is 10.7. The lowest BCUT2D eigenvalue weighted by atomic mass is 10.1. The molecular formula is C13H16N2OS. The number of thiazole rings is 1. The van der Waals surface area contributed by atoms with E-state index in [1.54, 1.807) is 17.5 Å². The number of nitrogens with two attached hydrogens (primary N) is 1. The molecule has 0 saturated heterocycles. The van der Waals surface area contributed by atoms with E-state index in [1.807, 2.05) is 11.4 Å². The summed E-state index contributed by atoms with van der Waals surface area (Å²) in [6.45, 7) is 3.22. The highest BCUT2D eigenvalue weighted by Crippen LogP contribution is 2.25. The fourth-order valence-corrected chi connectivity index (χ4v) is 2.26. The van der Waals surface area contributed by atoms with Crippen LogP contribution in [0.25, 0.3) is 0 Å². The summed E-state index contributed by atoms with van der Waals surface area (Å²) in [4.78, 5) is 4.21. The number of para-hydroxylation sites is 1. The molecule has 0 aliphatic heterocycles. The van der Waals surface area contributed by atoms with Crippen LogP contribution in [0.15, 0.2) is 29.8 Å². The zero-order chi connectivity index (χ0) is 12.1. The maximum atomic E-state index is 5.86. The monoisotopic (exact) mass is 248 g/mol. The second kappa shape index (κ2) is 5.80. The van der Waals surface area contributed by atoms with Crippen LogP contribution in [0.1, 0.15) is 16.1 Å². The molecule has 2 aromatic rings. The van der Waals surface area contributed by atoms with Gasteiger partial charge < -0.3 is 10.5 Å². The summed E-state index contributed by atoms with van der Waals surface area (Å²) in [5.41, 5.74) is 7.92. The summed E-state index contributed by atoms with van der Waals surface area (Å²) in [5.74, 6) is 0.952. The Kier molecular flexibility index (Phi) is 4.12. The third-order valence-corrected chi connectivity index (χ3v) is 3.28. The normalized spacial score (nSPS) is 10.5. The second-order valence-corrected chi connectivity index (χ2v) is 4.80. The predicted molar refractivity (Wildman–Crippen MR) is 70.4 cm³/mol. The van der Waals surface area contributed by atoms with Crippen LogP contribution >= 0.6 is 11.3 Å². The fourth-order valence-electron chi connectivity index (χ4n) is 1.73. The Morgan fingerprint density at radius 3 is 3.00 bits per heavy atom. The van der Waals surface area contributed by atoms with Gasteiger partial charge in [-0.1, -0.05) is 18.2 Å². The van der Waals surface area contributed by atoms with Crippen molar-refractivity contribution in [1.82, 2.24) is 4.98 Å². The molecule has 0 unspecified atom stereocenters. The highest BCUT2D eigenvalue weighted by Gasteiger charge is 2.07. The van der Waals surface area contributed by atoms with E-state index in [2.05, 4.69) is 24.0 Å². The Balaban J connectivity index is 2.13. The molecule has 1 heterocycles. The molecule has 0 bridgehead atoms. The predicted octanol–water partition coefficient (Wildman–Crippen LogP) is 2.53. The van der Waals surface area contributed by atoms with Gasteiger partial charge in [0.2, 0.25) is 0 Å². The third-order valence-electron chi connectivity index (χ3n) is 2.53. The topological polar surface area (TPSA) is 48.1 Å². The van der Waals surface area contributed by atoms with Gasteiger partial charge in [0, 0.05) is 11.6 Å². The summed E-state index contributed by atoms with van der Waals surface area (Å²) in [7, 11) is 0. The van der Waals surface area contributed by atoms with Crippen molar-refractivity contribution in [1.29, 1.82) is 0 Å². The van der Waals surface area contributed by atoms with Crippen LogP contribution in [-0.4, -0.2) is 11.5 Å². The lowest BCUT2D eigenvalue weighted by Gasteiger charge is -2.12. The van der Waals surface area contributed by atoms with Gasteiger partial charge in [0.05, 0.1) is 0 Å². The van der Waals surface area contributed by atoms with Crippen molar-refractivity contribution in [3.63, 3.8) is 0 Å². The van der Waals surface area contributed by atoms with Crippen molar-refractivity contribution in [2.45, 2.75) is 20.0 Å². The van der Waals surface area contributed by atoms with Gasteiger partial charge in [0.15, 0.2) is 0 Å². The van der Waals surface area contributed by atoms with Crippen LogP contribution in [0.3, 0.4) is 0 Å². The molecule has 0 atom stereocenters. The minimum atomic E-state index is 0.528. The van der Waals surface area contributed by atoms with Crippen molar-refractivity contribution >= 4 is 11.3 Å². The Hall–Kier alpha value is -1.39. The molecule has 4 heteroatoms. The number of nitrogens with zero attached hydrogens (tertiary/aromatic N) is 1. The summed E-state index contributed by atoms with van der Waals surface area (Å²) in [5, 5.41) is 2.95. The molecule has 0 saturated carbocycles. The third kappa shape index (κ3) is 3.05. The van der Waals surface area contributed by atoms with Crippen LogP contribution in [0, 0.1) is 6.92 Å². The Bertz CT molecular complexity index is 468. The maximum absolute atomic E-state index is 5.86. The van der Waals surface area contributed by atoms with E-state index in [-0.39, 0.29) is 0 Å². The summed E-state index contributed by atoms with van der Waals surface area (Å²) in [6, 6.07) is 6.16. The number of hydrogen-bond donors (Lipinski definition) is 1. The van der Waals surface area contributed by atoms with Gasteiger partial charge >= 0.3 is 0 Å². The van der Waals surface area contributed by atoms with E-state index in [0.717, 1.165) is 22.7 Å². The van der Waals surface area contributed by atoms with Gasteiger partial charge in [-0.3, -0.25) is 0 Å². The largest absolute Gasteiger partial charge is 0.486 e. The summed E-state index contributed by atoms with van der Waals surface area (Å²) in [6.07, 6.45) is 2.64. The van der Waals surface area contributed by atoms with Gasteiger partial charge in [-0.15, -0.1) is 11.3 Å². The number of hydrogen-bond acceptors (Lipinski definition) is 4. The van der Waals surface area contributed by atoms with E-state index < -0.39 is 0 Å². The van der Waals surface area contributed by atoms with Crippen LogP contribution in [0.5, 0.6) is 5.75 Å². The molecule has 0 spiro atoms. The maximum Gasteiger partial charge on any atom is 0.140 e. The quantitative estimate of drug-likeness (QED) is 0.884. The van der Waals surface area contributed by atoms with E-state index >= 15 is 0 Å². The molecule has 0 amide bonds. The van der Waals surface area contributed by atoms with Crippen molar-refractivity contribution in [3.8, 4) is 5.75 Å². The summed E-state index contributed by atoms with van der Waals surface area (Å²) < 4.78 is 5.86. The van der Waals surface area contributed by atoms with Gasteiger partial charge in [0.1, 0.15) is 17.4 Å². The van der Waals surface area contributed by atoms with Crippen molar-refractivity contribution in [2.75, 3.05) is 6.54 Å². The van der Waals surface area contributed by atoms with E-state index in [0.29, 0.717) is 13.2 Å². The smallest absolute Gasteiger partial charge is 0.140 e. The molecule has 0 aliphatic rings. The molecule has 17 heavy (non-hydrogen) atoms. The first kappa shape index (κ1) is 12.1. The molecule has 1 aromatic heterocycles. The standard InChI is InChI=1S/C13H16N2OS/c1-10-3-2-4-11(5-6-14)13(10)16-9-12-15-7-8-17-12/h2-4,7-8H,5-6,9,14H2,1H3. The average molecular weight is 248 g/mol. The molecule has 0 radical (unpaired) electrons. The molecule has 0 fully saturated rings. The first-order valence-electron chi connectivity index (χ1n) is 5.61. The first-order chi connectivity index (χ1) is 8.31. The number of benzene rings is 1. The van der Waals surface area contributed by atoms with Gasteiger partial charge in [-0.2, -0.15) is 0 Å². The molecular weight excluding hydrogens is 232 g/mol. The Labute approximate surface area is 105 Å². The molecule has 3 nitrogen and oxygen atoms in total. The zero-order valence-electron chi connectivity index (χ0n) is 9.85. The van der Waals surface area contributed by atoms with Gasteiger partial charge in [-0.05, 0) is 31.0 Å². The molecule has 0 aliphatic carbocycles. The summed E-state index contributed by atoms with van der Waals surface area (Å²) >= 11 is 1.61. The first-order valence-corrected chi connectivity index (χ1v) is 6.49. The van der Waals surface area contributed by atoms with Crippen molar-refractivity contribution in [2.24, 2.45) is 5.73 Å². The van der Waals surface area contributed by atoms with E-state index in [9.17, 15) is 0 Å². The molecule has 2 N–H and O–H groups in total. The lowest BCUT2D eigenvalue weighted by Crippen LogP contribution is -2.06. The van der Waals surface area contributed by atoms with Crippen molar-refractivity contribution in [3.05, 3.63) is 45.9 Å². The second-order valence-electron chi connectivity index (χ2n) is 3.82. The van der Waals surface area contributed by atoms with Crippen LogP contribution in [0.2, 0.25) is 0 Å². The number of rotatable bonds is 5. The van der Waals surface area contributed by atoms with Crippen LogP contribution in [-0.2, 0) is 13.0 Å².